The Balaban J connectivity index is 1.30. The summed E-state index contributed by atoms with van der Waals surface area (Å²) in [5.74, 6) is 0.728. The molecule has 1 atom stereocenters. The molecular formula is C21H16Cl2N4O4S. The van der Waals surface area contributed by atoms with Gasteiger partial charge in [0.2, 0.25) is 17.8 Å². The van der Waals surface area contributed by atoms with E-state index in [0.717, 1.165) is 12.0 Å². The van der Waals surface area contributed by atoms with Gasteiger partial charge in [-0.05, 0) is 49.2 Å². The number of hydrogen-bond acceptors (Lipinski definition) is 7. The first kappa shape index (κ1) is 21.0. The van der Waals surface area contributed by atoms with E-state index in [1.165, 1.54) is 16.2 Å². The first-order valence-electron chi connectivity index (χ1n) is 9.79. The molecule has 0 spiro atoms. The number of fused-ring (bicyclic) bond motifs is 1. The number of hydrogen-bond donors (Lipinski definition) is 1. The molecule has 0 bridgehead atoms. The van der Waals surface area contributed by atoms with Gasteiger partial charge in [0.1, 0.15) is 11.0 Å². The van der Waals surface area contributed by atoms with Crippen LogP contribution < -0.4 is 14.8 Å². The molecule has 32 heavy (non-hydrogen) atoms. The Morgan fingerprint density at radius 3 is 2.66 bits per heavy atom. The minimum Gasteiger partial charge on any atom is -0.454 e. The van der Waals surface area contributed by atoms with Crippen LogP contribution in [-0.2, 0) is 4.79 Å². The summed E-state index contributed by atoms with van der Waals surface area (Å²) in [6.45, 7) is 0.661. The van der Waals surface area contributed by atoms with E-state index in [1.54, 1.807) is 24.3 Å². The van der Waals surface area contributed by atoms with Gasteiger partial charge >= 0.3 is 0 Å². The fourth-order valence-electron chi connectivity index (χ4n) is 3.73. The fraction of sp³-hybridized carbons (Fsp3) is 0.238. The van der Waals surface area contributed by atoms with E-state index in [-0.39, 0.29) is 18.6 Å². The van der Waals surface area contributed by atoms with Gasteiger partial charge in [-0.2, -0.15) is 0 Å². The highest BCUT2D eigenvalue weighted by Crippen LogP contribution is 2.37. The van der Waals surface area contributed by atoms with Crippen molar-refractivity contribution in [3.63, 3.8) is 0 Å². The maximum atomic E-state index is 13.0. The molecule has 1 N–H and O–H groups in total. The normalized spacial score (nSPS) is 16.9. The van der Waals surface area contributed by atoms with Crippen molar-refractivity contribution in [2.24, 2.45) is 0 Å². The molecule has 2 aliphatic heterocycles. The Morgan fingerprint density at radius 1 is 1.06 bits per heavy atom. The third-order valence-electron chi connectivity index (χ3n) is 5.20. The molecule has 2 aliphatic rings. The molecule has 11 heteroatoms. The van der Waals surface area contributed by atoms with Crippen LogP contribution in [0, 0.1) is 0 Å². The first-order valence-corrected chi connectivity index (χ1v) is 11.4. The van der Waals surface area contributed by atoms with Gasteiger partial charge in [0.25, 0.3) is 5.91 Å². The van der Waals surface area contributed by atoms with Crippen molar-refractivity contribution in [1.29, 1.82) is 0 Å². The van der Waals surface area contributed by atoms with Gasteiger partial charge in [-0.25, -0.2) is 0 Å². The van der Waals surface area contributed by atoms with Gasteiger partial charge in [0.15, 0.2) is 11.5 Å². The molecular weight excluding hydrogens is 475 g/mol. The van der Waals surface area contributed by atoms with Crippen LogP contribution in [0.25, 0.3) is 10.6 Å². The number of benzene rings is 2. The van der Waals surface area contributed by atoms with Crippen molar-refractivity contribution in [3.8, 4) is 22.1 Å². The van der Waals surface area contributed by atoms with Crippen LogP contribution in [0.1, 0.15) is 23.2 Å². The summed E-state index contributed by atoms with van der Waals surface area (Å²) in [5.41, 5.74) is 1.16. The monoisotopic (exact) mass is 490 g/mol. The minimum atomic E-state index is -0.613. The summed E-state index contributed by atoms with van der Waals surface area (Å²) in [6, 6.07) is 9.52. The molecule has 1 unspecified atom stereocenters. The summed E-state index contributed by atoms with van der Waals surface area (Å²) in [4.78, 5) is 27.5. The second-order valence-corrected chi connectivity index (χ2v) is 9.13. The van der Waals surface area contributed by atoms with Gasteiger partial charge in [-0.1, -0.05) is 34.5 Å². The van der Waals surface area contributed by atoms with Crippen LogP contribution in [0.4, 0.5) is 5.13 Å². The number of anilines is 1. The maximum Gasteiger partial charge on any atom is 0.254 e. The predicted octanol–water partition coefficient (Wildman–Crippen LogP) is 4.48. The van der Waals surface area contributed by atoms with Crippen molar-refractivity contribution in [3.05, 3.63) is 52.0 Å². The number of likely N-dealkylation sites (tertiary alicyclic amines) is 1. The van der Waals surface area contributed by atoms with E-state index >= 15 is 0 Å². The summed E-state index contributed by atoms with van der Waals surface area (Å²) in [7, 11) is 0. The van der Waals surface area contributed by atoms with Crippen LogP contribution in [0.5, 0.6) is 11.5 Å². The van der Waals surface area contributed by atoms with E-state index < -0.39 is 6.04 Å². The Labute approximate surface area is 197 Å². The number of carbonyl (C=O) groups excluding carboxylic acids is 2. The van der Waals surface area contributed by atoms with E-state index in [1.807, 2.05) is 12.1 Å². The summed E-state index contributed by atoms with van der Waals surface area (Å²) >= 11 is 13.3. The van der Waals surface area contributed by atoms with Crippen molar-refractivity contribution < 1.29 is 19.1 Å². The number of nitrogens with zero attached hydrogens (tertiary/aromatic N) is 3. The van der Waals surface area contributed by atoms with Gasteiger partial charge in [0.05, 0.1) is 0 Å². The van der Waals surface area contributed by atoms with Crippen LogP contribution >= 0.6 is 34.5 Å². The van der Waals surface area contributed by atoms with Crippen LogP contribution in [0.15, 0.2) is 36.4 Å². The second-order valence-electron chi connectivity index (χ2n) is 7.28. The lowest BCUT2D eigenvalue weighted by atomic mass is 10.1. The van der Waals surface area contributed by atoms with Crippen LogP contribution in [0.2, 0.25) is 10.0 Å². The van der Waals surface area contributed by atoms with E-state index in [2.05, 4.69) is 15.5 Å². The van der Waals surface area contributed by atoms with E-state index in [4.69, 9.17) is 32.7 Å². The quantitative estimate of drug-likeness (QED) is 0.579. The number of halogens is 2. The Bertz CT molecular complexity index is 1200. The summed E-state index contributed by atoms with van der Waals surface area (Å²) in [5, 5.41) is 12.7. The maximum absolute atomic E-state index is 13.0. The number of aromatic nitrogens is 2. The first-order chi connectivity index (χ1) is 15.5. The number of carbonyl (C=O) groups is 2. The highest BCUT2D eigenvalue weighted by Gasteiger charge is 2.35. The number of amides is 2. The number of ether oxygens (including phenoxy) is 2. The van der Waals surface area contributed by atoms with Crippen molar-refractivity contribution >= 4 is 51.5 Å². The molecule has 1 fully saturated rings. The smallest absolute Gasteiger partial charge is 0.254 e. The highest BCUT2D eigenvalue weighted by atomic mass is 35.5. The molecule has 0 aliphatic carbocycles. The van der Waals surface area contributed by atoms with Crippen molar-refractivity contribution in [2.45, 2.75) is 18.9 Å². The molecule has 2 amide bonds. The standard InChI is InChI=1S/C21H16Cl2N4O4S/c22-13-6-12(7-14(23)9-13)20(29)27-5-1-2-15(27)18(28)24-21-26-25-19(32-21)11-3-4-16-17(8-11)31-10-30-16/h3-4,6-9,15H,1-2,5,10H2,(H,24,26,28). The number of rotatable bonds is 4. The lowest BCUT2D eigenvalue weighted by molar-refractivity contribution is -0.119. The largest absolute Gasteiger partial charge is 0.454 e. The third kappa shape index (κ3) is 4.11. The second kappa shape index (κ2) is 8.57. The fourth-order valence-corrected chi connectivity index (χ4v) is 5.00. The van der Waals surface area contributed by atoms with Crippen molar-refractivity contribution in [2.75, 3.05) is 18.7 Å². The Kier molecular flexibility index (Phi) is 5.62. The summed E-state index contributed by atoms with van der Waals surface area (Å²) < 4.78 is 10.7. The SMILES string of the molecule is O=C(Nc1nnc(-c2ccc3c(c2)OCO3)s1)C1CCCN1C(=O)c1cc(Cl)cc(Cl)c1. The zero-order valence-corrected chi connectivity index (χ0v) is 18.8. The van der Waals surface area contributed by atoms with Crippen LogP contribution in [0.3, 0.4) is 0 Å². The van der Waals surface area contributed by atoms with E-state index in [0.29, 0.717) is 50.2 Å². The molecule has 1 aromatic heterocycles. The Morgan fingerprint density at radius 2 is 1.84 bits per heavy atom. The van der Waals surface area contributed by atoms with Gasteiger partial charge in [0, 0.05) is 27.7 Å². The van der Waals surface area contributed by atoms with E-state index in [9.17, 15) is 9.59 Å². The molecule has 1 saturated heterocycles. The zero-order chi connectivity index (χ0) is 22.2. The topological polar surface area (TPSA) is 93.7 Å². The predicted molar refractivity (Wildman–Crippen MR) is 121 cm³/mol. The van der Waals surface area contributed by atoms with Gasteiger partial charge in [-0.3, -0.25) is 14.9 Å². The van der Waals surface area contributed by atoms with Crippen molar-refractivity contribution in [1.82, 2.24) is 15.1 Å². The molecule has 164 valence electrons. The zero-order valence-electron chi connectivity index (χ0n) is 16.5. The molecule has 3 aromatic rings. The van der Waals surface area contributed by atoms with Gasteiger partial charge < -0.3 is 14.4 Å². The Hall–Kier alpha value is -2.88. The third-order valence-corrected chi connectivity index (χ3v) is 6.52. The number of nitrogens with one attached hydrogen (secondary N) is 1. The molecule has 5 rings (SSSR count). The minimum absolute atomic E-state index is 0.189. The molecule has 8 nitrogen and oxygen atoms in total. The molecule has 2 aromatic carbocycles. The average Bonchev–Trinajstić information content (AvgIpc) is 3.52. The lowest BCUT2D eigenvalue weighted by Gasteiger charge is -2.23. The summed E-state index contributed by atoms with van der Waals surface area (Å²) in [6.07, 6.45) is 1.27. The highest BCUT2D eigenvalue weighted by molar-refractivity contribution is 7.18. The van der Waals surface area contributed by atoms with Gasteiger partial charge in [-0.15, -0.1) is 10.2 Å². The van der Waals surface area contributed by atoms with Crippen LogP contribution in [-0.4, -0.2) is 46.3 Å². The average molecular weight is 491 g/mol. The molecule has 3 heterocycles. The molecule has 0 radical (unpaired) electrons. The lowest BCUT2D eigenvalue weighted by Crippen LogP contribution is -2.43. The molecule has 0 saturated carbocycles.